The molecule has 56 valence electrons. The standard InChI is InChI=1S/C5H6F2N2O/c6-1-5(2-7,3-8)4(9)10/h1-2H2,(H2,9,10). The van der Waals surface area contributed by atoms with E-state index in [2.05, 4.69) is 5.73 Å². The van der Waals surface area contributed by atoms with E-state index in [4.69, 9.17) is 5.26 Å². The Morgan fingerprint density at radius 1 is 1.60 bits per heavy atom. The number of halogens is 2. The van der Waals surface area contributed by atoms with Crippen LogP contribution in [0.15, 0.2) is 0 Å². The molecule has 0 bridgehead atoms. The Bertz CT molecular complexity index is 171. The summed E-state index contributed by atoms with van der Waals surface area (Å²) in [4.78, 5) is 10.2. The van der Waals surface area contributed by atoms with Crippen LogP contribution in [-0.2, 0) is 4.79 Å². The summed E-state index contributed by atoms with van der Waals surface area (Å²) >= 11 is 0. The molecule has 2 N–H and O–H groups in total. The third-order valence-corrected chi connectivity index (χ3v) is 1.14. The Balaban J connectivity index is 4.52. The van der Waals surface area contributed by atoms with E-state index in [0.717, 1.165) is 0 Å². The predicted molar refractivity (Wildman–Crippen MR) is 29.2 cm³/mol. The van der Waals surface area contributed by atoms with Crippen molar-refractivity contribution in [1.29, 1.82) is 5.26 Å². The first kappa shape index (κ1) is 8.82. The Morgan fingerprint density at radius 2 is 2.00 bits per heavy atom. The number of hydrogen-bond acceptors (Lipinski definition) is 2. The number of amides is 1. The van der Waals surface area contributed by atoms with Gasteiger partial charge < -0.3 is 5.73 Å². The number of carbonyl (C=O) groups excluding carboxylic acids is 1. The smallest absolute Gasteiger partial charge is 0.243 e. The van der Waals surface area contributed by atoms with Gasteiger partial charge in [0.2, 0.25) is 5.91 Å². The number of nitrogens with zero attached hydrogens (tertiary/aromatic N) is 1. The van der Waals surface area contributed by atoms with Crippen molar-refractivity contribution in [1.82, 2.24) is 0 Å². The minimum absolute atomic E-state index is 1.19. The minimum Gasteiger partial charge on any atom is -0.368 e. The van der Waals surface area contributed by atoms with Crippen molar-refractivity contribution < 1.29 is 13.6 Å². The number of nitriles is 1. The first-order valence-electron chi connectivity index (χ1n) is 2.46. The second-order valence-electron chi connectivity index (χ2n) is 1.83. The summed E-state index contributed by atoms with van der Waals surface area (Å²) in [5.74, 6) is -1.26. The topological polar surface area (TPSA) is 66.9 Å². The van der Waals surface area contributed by atoms with E-state index >= 15 is 0 Å². The number of hydrogen-bond donors (Lipinski definition) is 1. The van der Waals surface area contributed by atoms with Crippen LogP contribution in [0.5, 0.6) is 0 Å². The largest absolute Gasteiger partial charge is 0.368 e. The molecular weight excluding hydrogens is 142 g/mol. The monoisotopic (exact) mass is 148 g/mol. The van der Waals surface area contributed by atoms with Crippen molar-refractivity contribution in [2.24, 2.45) is 11.1 Å². The highest BCUT2D eigenvalue weighted by Gasteiger charge is 2.37. The van der Waals surface area contributed by atoms with Crippen LogP contribution < -0.4 is 5.73 Å². The van der Waals surface area contributed by atoms with Gasteiger partial charge in [0.05, 0.1) is 6.07 Å². The summed E-state index contributed by atoms with van der Waals surface area (Å²) in [5, 5.41) is 8.12. The lowest BCUT2D eigenvalue weighted by atomic mass is 9.93. The van der Waals surface area contributed by atoms with Crippen molar-refractivity contribution in [3.05, 3.63) is 0 Å². The van der Waals surface area contributed by atoms with Crippen molar-refractivity contribution >= 4 is 5.91 Å². The van der Waals surface area contributed by atoms with Gasteiger partial charge in [-0.3, -0.25) is 4.79 Å². The summed E-state index contributed by atoms with van der Waals surface area (Å²) in [7, 11) is 0. The normalized spacial score (nSPS) is 10.5. The van der Waals surface area contributed by atoms with E-state index in [1.807, 2.05) is 0 Å². The van der Waals surface area contributed by atoms with Crippen LogP contribution >= 0.6 is 0 Å². The molecule has 0 aliphatic heterocycles. The molecule has 0 unspecified atom stereocenters. The molecule has 0 aliphatic rings. The quantitative estimate of drug-likeness (QED) is 0.608. The predicted octanol–water partition coefficient (Wildman–Crippen LogP) is -0.0793. The van der Waals surface area contributed by atoms with Gasteiger partial charge in [0.25, 0.3) is 0 Å². The van der Waals surface area contributed by atoms with Crippen molar-refractivity contribution in [3.8, 4) is 6.07 Å². The van der Waals surface area contributed by atoms with E-state index in [-0.39, 0.29) is 0 Å². The molecule has 0 aromatic rings. The summed E-state index contributed by atoms with van der Waals surface area (Å²) < 4.78 is 23.6. The zero-order valence-electron chi connectivity index (χ0n) is 5.10. The van der Waals surface area contributed by atoms with Gasteiger partial charge in [-0.2, -0.15) is 5.26 Å². The first-order chi connectivity index (χ1) is 4.63. The van der Waals surface area contributed by atoms with Gasteiger partial charge in [-0.25, -0.2) is 8.78 Å². The Labute approximate surface area is 56.4 Å². The molecule has 0 rings (SSSR count). The number of carbonyl (C=O) groups is 1. The third-order valence-electron chi connectivity index (χ3n) is 1.14. The number of primary amides is 1. The molecule has 0 atom stereocenters. The van der Waals surface area contributed by atoms with Crippen molar-refractivity contribution in [2.45, 2.75) is 0 Å². The molecule has 0 radical (unpaired) electrons. The van der Waals surface area contributed by atoms with Crippen LogP contribution in [-0.4, -0.2) is 19.3 Å². The summed E-state index contributed by atoms with van der Waals surface area (Å²) in [6.45, 7) is -2.76. The van der Waals surface area contributed by atoms with E-state index in [0.29, 0.717) is 0 Å². The molecule has 5 heteroatoms. The van der Waals surface area contributed by atoms with Gasteiger partial charge in [-0.05, 0) is 0 Å². The molecule has 1 amide bonds. The molecule has 0 heterocycles. The van der Waals surface area contributed by atoms with Gasteiger partial charge >= 0.3 is 0 Å². The zero-order chi connectivity index (χ0) is 8.20. The maximum atomic E-state index is 11.8. The molecule has 0 saturated carbocycles. The van der Waals surface area contributed by atoms with Crippen LogP contribution in [0.1, 0.15) is 0 Å². The lowest BCUT2D eigenvalue weighted by Crippen LogP contribution is -2.39. The molecule has 0 aromatic carbocycles. The fourth-order valence-electron chi connectivity index (χ4n) is 0.282. The highest BCUT2D eigenvalue weighted by atomic mass is 19.1. The summed E-state index contributed by atoms with van der Waals surface area (Å²) in [6, 6.07) is 1.19. The lowest BCUT2D eigenvalue weighted by Gasteiger charge is -2.12. The van der Waals surface area contributed by atoms with Crippen LogP contribution in [0.25, 0.3) is 0 Å². The fourth-order valence-corrected chi connectivity index (χ4v) is 0.282. The van der Waals surface area contributed by atoms with Crippen LogP contribution in [0, 0.1) is 16.7 Å². The third kappa shape index (κ3) is 1.21. The molecule has 0 fully saturated rings. The fraction of sp³-hybridized carbons (Fsp3) is 0.600. The van der Waals surface area contributed by atoms with Gasteiger partial charge in [0, 0.05) is 0 Å². The molecule has 0 aromatic heterocycles. The van der Waals surface area contributed by atoms with E-state index in [1.165, 1.54) is 6.07 Å². The Morgan fingerprint density at radius 3 is 2.00 bits per heavy atom. The molecule has 3 nitrogen and oxygen atoms in total. The summed E-state index contributed by atoms with van der Waals surface area (Å²) in [5.41, 5.74) is 2.30. The van der Waals surface area contributed by atoms with E-state index in [9.17, 15) is 13.6 Å². The van der Waals surface area contributed by atoms with E-state index < -0.39 is 24.7 Å². The number of rotatable bonds is 3. The highest BCUT2D eigenvalue weighted by Crippen LogP contribution is 2.16. The molecule has 0 saturated heterocycles. The van der Waals surface area contributed by atoms with Crippen molar-refractivity contribution in [2.75, 3.05) is 13.3 Å². The zero-order valence-corrected chi connectivity index (χ0v) is 5.10. The molecule has 0 spiro atoms. The summed E-state index contributed by atoms with van der Waals surface area (Å²) in [6.07, 6.45) is 0. The van der Waals surface area contributed by atoms with Gasteiger partial charge in [-0.1, -0.05) is 0 Å². The second kappa shape index (κ2) is 3.11. The average molecular weight is 148 g/mol. The van der Waals surface area contributed by atoms with Gasteiger partial charge in [0.15, 0.2) is 5.41 Å². The van der Waals surface area contributed by atoms with Crippen molar-refractivity contribution in [3.63, 3.8) is 0 Å². The van der Waals surface area contributed by atoms with Gasteiger partial charge in [0.1, 0.15) is 13.3 Å². The number of alkyl halides is 2. The Hall–Kier alpha value is -1.18. The molecular formula is C5H6F2N2O. The van der Waals surface area contributed by atoms with Crippen LogP contribution in [0.3, 0.4) is 0 Å². The molecule has 0 aliphatic carbocycles. The second-order valence-corrected chi connectivity index (χ2v) is 1.83. The maximum Gasteiger partial charge on any atom is 0.243 e. The van der Waals surface area contributed by atoms with E-state index in [1.54, 1.807) is 0 Å². The van der Waals surface area contributed by atoms with Gasteiger partial charge in [-0.15, -0.1) is 0 Å². The van der Waals surface area contributed by atoms with Crippen LogP contribution in [0.2, 0.25) is 0 Å². The lowest BCUT2D eigenvalue weighted by molar-refractivity contribution is -0.126. The Kier molecular flexibility index (Phi) is 2.74. The SMILES string of the molecule is N#CC(CF)(CF)C(N)=O. The average Bonchev–Trinajstić information content (AvgIpc) is 1.92. The maximum absolute atomic E-state index is 11.8. The first-order valence-corrected chi connectivity index (χ1v) is 2.46. The van der Waals surface area contributed by atoms with Crippen LogP contribution in [0.4, 0.5) is 8.78 Å². The molecule has 10 heavy (non-hydrogen) atoms. The highest BCUT2D eigenvalue weighted by molar-refractivity contribution is 5.84. The minimum atomic E-state index is -2.26. The number of nitrogens with two attached hydrogens (primary N) is 1.